The van der Waals surface area contributed by atoms with Gasteiger partial charge in [0.15, 0.2) is 0 Å². The average Bonchev–Trinajstić information content (AvgIpc) is 2.50. The molecule has 2 aromatic rings. The van der Waals surface area contributed by atoms with Gasteiger partial charge >= 0.3 is 0 Å². The molecule has 1 amide bonds. The first-order valence-corrected chi connectivity index (χ1v) is 7.97. The van der Waals surface area contributed by atoms with E-state index in [0.717, 1.165) is 29.8 Å². The van der Waals surface area contributed by atoms with E-state index in [1.807, 2.05) is 26.0 Å². The molecule has 0 aliphatic rings. The van der Waals surface area contributed by atoms with E-state index in [-0.39, 0.29) is 5.91 Å². The minimum atomic E-state index is -0.160. The zero-order valence-corrected chi connectivity index (χ0v) is 14.2. The summed E-state index contributed by atoms with van der Waals surface area (Å²) >= 11 is 0. The van der Waals surface area contributed by atoms with Gasteiger partial charge in [0.05, 0.1) is 0 Å². The summed E-state index contributed by atoms with van der Waals surface area (Å²) in [5.74, 6) is 0.283. The zero-order chi connectivity index (χ0) is 16.8. The monoisotopic (exact) mass is 312 g/mol. The van der Waals surface area contributed by atoms with Crippen molar-refractivity contribution >= 4 is 17.5 Å². The number of rotatable bonds is 6. The number of aromatic nitrogens is 2. The Morgan fingerprint density at radius 1 is 1.13 bits per heavy atom. The Hall–Kier alpha value is -2.43. The largest absolute Gasteiger partial charge is 0.351 e. The van der Waals surface area contributed by atoms with Gasteiger partial charge in [-0.1, -0.05) is 31.0 Å². The predicted molar refractivity (Wildman–Crippen MR) is 93.2 cm³/mol. The highest BCUT2D eigenvalue weighted by atomic mass is 16.1. The van der Waals surface area contributed by atoms with Crippen LogP contribution in [0, 0.1) is 20.8 Å². The van der Waals surface area contributed by atoms with Gasteiger partial charge in [-0.3, -0.25) is 4.79 Å². The fraction of sp³-hybridized carbons (Fsp3) is 0.389. The van der Waals surface area contributed by atoms with Crippen molar-refractivity contribution in [3.63, 3.8) is 0 Å². The number of nitrogens with one attached hydrogen (secondary N) is 2. The number of amides is 1. The molecule has 0 saturated heterocycles. The van der Waals surface area contributed by atoms with E-state index >= 15 is 0 Å². The van der Waals surface area contributed by atoms with Crippen LogP contribution in [0.3, 0.4) is 0 Å². The normalized spacial score (nSPS) is 10.4. The first kappa shape index (κ1) is 16.9. The lowest BCUT2D eigenvalue weighted by atomic mass is 10.1. The van der Waals surface area contributed by atoms with E-state index in [0.29, 0.717) is 18.2 Å². The van der Waals surface area contributed by atoms with Crippen molar-refractivity contribution in [2.75, 3.05) is 11.9 Å². The van der Waals surface area contributed by atoms with Gasteiger partial charge < -0.3 is 10.6 Å². The quantitative estimate of drug-likeness (QED) is 0.799. The van der Waals surface area contributed by atoms with Crippen molar-refractivity contribution in [2.45, 2.75) is 40.5 Å². The van der Waals surface area contributed by atoms with E-state index < -0.39 is 0 Å². The first-order chi connectivity index (χ1) is 11.0. The van der Waals surface area contributed by atoms with Gasteiger partial charge in [0.2, 0.25) is 5.95 Å². The molecular formula is C18H24N4O. The fourth-order valence-electron chi connectivity index (χ4n) is 2.28. The molecule has 0 radical (unpaired) electrons. The van der Waals surface area contributed by atoms with Gasteiger partial charge in [0.1, 0.15) is 5.69 Å². The van der Waals surface area contributed by atoms with E-state index in [4.69, 9.17) is 0 Å². The van der Waals surface area contributed by atoms with Crippen molar-refractivity contribution in [3.05, 3.63) is 46.8 Å². The molecule has 0 aliphatic heterocycles. The summed E-state index contributed by atoms with van der Waals surface area (Å²) in [6.45, 7) is 8.70. The highest BCUT2D eigenvalue weighted by Crippen LogP contribution is 2.19. The minimum absolute atomic E-state index is 0.160. The molecule has 1 aromatic heterocycles. The molecule has 1 heterocycles. The molecule has 2 N–H and O–H groups in total. The molecule has 5 nitrogen and oxygen atoms in total. The van der Waals surface area contributed by atoms with Gasteiger partial charge in [-0.2, -0.15) is 0 Å². The molecule has 0 fully saturated rings. The van der Waals surface area contributed by atoms with Crippen LogP contribution in [-0.4, -0.2) is 22.4 Å². The van der Waals surface area contributed by atoms with Crippen molar-refractivity contribution in [3.8, 4) is 0 Å². The number of carbonyl (C=O) groups excluding carboxylic acids is 1. The molecule has 0 saturated carbocycles. The predicted octanol–water partition coefficient (Wildman–Crippen LogP) is 3.68. The summed E-state index contributed by atoms with van der Waals surface area (Å²) in [6.07, 6.45) is 2.01. The van der Waals surface area contributed by atoms with Crippen LogP contribution in [0.1, 0.15) is 47.1 Å². The Kier molecular flexibility index (Phi) is 5.68. The molecule has 2 rings (SSSR count). The second-order valence-corrected chi connectivity index (χ2v) is 5.77. The Morgan fingerprint density at radius 2 is 1.91 bits per heavy atom. The molecule has 5 heteroatoms. The van der Waals surface area contributed by atoms with Crippen molar-refractivity contribution < 1.29 is 4.79 Å². The highest BCUT2D eigenvalue weighted by molar-refractivity contribution is 5.92. The zero-order valence-electron chi connectivity index (χ0n) is 14.2. The number of anilines is 2. The van der Waals surface area contributed by atoms with Gasteiger partial charge in [-0.25, -0.2) is 9.97 Å². The van der Waals surface area contributed by atoms with Crippen LogP contribution >= 0.6 is 0 Å². The number of aryl methyl sites for hydroxylation is 3. The SMILES string of the molecule is CCCCNC(=O)c1cc(C)nc(Nc2ccc(C)cc2C)n1. The maximum Gasteiger partial charge on any atom is 0.270 e. The van der Waals surface area contributed by atoms with Crippen molar-refractivity contribution in [2.24, 2.45) is 0 Å². The van der Waals surface area contributed by atoms with Crippen molar-refractivity contribution in [1.82, 2.24) is 15.3 Å². The third kappa shape index (κ3) is 4.77. The maximum atomic E-state index is 12.2. The summed E-state index contributed by atoms with van der Waals surface area (Å²) in [7, 11) is 0. The summed E-state index contributed by atoms with van der Waals surface area (Å²) in [5.41, 5.74) is 4.41. The molecule has 0 aliphatic carbocycles. The Labute approximate surface area is 137 Å². The van der Waals surface area contributed by atoms with Gasteiger partial charge in [-0.15, -0.1) is 0 Å². The lowest BCUT2D eigenvalue weighted by molar-refractivity contribution is 0.0948. The second-order valence-electron chi connectivity index (χ2n) is 5.77. The third-order valence-electron chi connectivity index (χ3n) is 3.53. The summed E-state index contributed by atoms with van der Waals surface area (Å²) in [6, 6.07) is 7.83. The number of benzene rings is 1. The van der Waals surface area contributed by atoms with Gasteiger partial charge in [0, 0.05) is 17.9 Å². The third-order valence-corrected chi connectivity index (χ3v) is 3.53. The highest BCUT2D eigenvalue weighted by Gasteiger charge is 2.11. The smallest absolute Gasteiger partial charge is 0.270 e. The topological polar surface area (TPSA) is 66.9 Å². The average molecular weight is 312 g/mol. The van der Waals surface area contributed by atoms with Crippen LogP contribution in [0.25, 0.3) is 0 Å². The van der Waals surface area contributed by atoms with Crippen molar-refractivity contribution in [1.29, 1.82) is 0 Å². The number of hydrogen-bond acceptors (Lipinski definition) is 4. The molecule has 23 heavy (non-hydrogen) atoms. The molecule has 122 valence electrons. The number of carbonyl (C=O) groups is 1. The summed E-state index contributed by atoms with van der Waals surface area (Å²) < 4.78 is 0. The maximum absolute atomic E-state index is 12.2. The number of unbranched alkanes of at least 4 members (excludes halogenated alkanes) is 1. The van der Waals surface area contributed by atoms with E-state index in [2.05, 4.69) is 40.5 Å². The first-order valence-electron chi connectivity index (χ1n) is 7.97. The van der Waals surface area contributed by atoms with Crippen LogP contribution in [-0.2, 0) is 0 Å². The number of hydrogen-bond donors (Lipinski definition) is 2. The Bertz CT molecular complexity index is 697. The van der Waals surface area contributed by atoms with Crippen LogP contribution in [0.4, 0.5) is 11.6 Å². The lowest BCUT2D eigenvalue weighted by Gasteiger charge is -2.11. The van der Waals surface area contributed by atoms with Crippen LogP contribution in [0.5, 0.6) is 0 Å². The Balaban J connectivity index is 2.18. The van der Waals surface area contributed by atoms with Crippen LogP contribution in [0.2, 0.25) is 0 Å². The lowest BCUT2D eigenvalue weighted by Crippen LogP contribution is -2.25. The van der Waals surface area contributed by atoms with E-state index in [1.165, 1.54) is 5.56 Å². The minimum Gasteiger partial charge on any atom is -0.351 e. The van der Waals surface area contributed by atoms with Crippen LogP contribution in [0.15, 0.2) is 24.3 Å². The Morgan fingerprint density at radius 3 is 2.61 bits per heavy atom. The molecule has 0 atom stereocenters. The summed E-state index contributed by atoms with van der Waals surface area (Å²) in [5, 5.41) is 6.08. The number of nitrogens with zero attached hydrogens (tertiary/aromatic N) is 2. The van der Waals surface area contributed by atoms with Gasteiger partial charge in [-0.05, 0) is 44.9 Å². The molecular weight excluding hydrogens is 288 g/mol. The standard InChI is InChI=1S/C18H24N4O/c1-5-6-9-19-17(23)16-11-14(4)20-18(22-16)21-15-8-7-12(2)10-13(15)3/h7-8,10-11H,5-6,9H2,1-4H3,(H,19,23)(H,20,21,22). The molecule has 0 bridgehead atoms. The summed E-state index contributed by atoms with van der Waals surface area (Å²) in [4.78, 5) is 20.9. The molecule has 1 aromatic carbocycles. The van der Waals surface area contributed by atoms with E-state index in [1.54, 1.807) is 6.07 Å². The van der Waals surface area contributed by atoms with Gasteiger partial charge in [0.25, 0.3) is 5.91 Å². The van der Waals surface area contributed by atoms with Crippen LogP contribution < -0.4 is 10.6 Å². The molecule has 0 spiro atoms. The second kappa shape index (κ2) is 7.72. The fourth-order valence-corrected chi connectivity index (χ4v) is 2.28. The van der Waals surface area contributed by atoms with E-state index in [9.17, 15) is 4.79 Å². The molecule has 0 unspecified atom stereocenters.